The van der Waals surface area contributed by atoms with Gasteiger partial charge in [-0.2, -0.15) is 5.26 Å². The molecule has 3 rings (SSSR count). The number of nitriles is 1. The lowest BCUT2D eigenvalue weighted by Gasteiger charge is -2.12. The van der Waals surface area contributed by atoms with E-state index in [4.69, 9.17) is 9.84 Å². The summed E-state index contributed by atoms with van der Waals surface area (Å²) in [5.74, 6) is -0.982. The van der Waals surface area contributed by atoms with Crippen molar-refractivity contribution in [1.82, 2.24) is 0 Å². The molecule has 1 amide bonds. The molecule has 0 saturated carbocycles. The van der Waals surface area contributed by atoms with Gasteiger partial charge < -0.3 is 15.2 Å². The van der Waals surface area contributed by atoms with Crippen LogP contribution >= 0.6 is 45.2 Å². The predicted molar refractivity (Wildman–Crippen MR) is 143 cm³/mol. The van der Waals surface area contributed by atoms with Gasteiger partial charge in [0.25, 0.3) is 5.91 Å². The highest BCUT2D eigenvalue weighted by Crippen LogP contribution is 2.30. The quantitative estimate of drug-likeness (QED) is 0.183. The Hall–Kier alpha value is -2.91. The third-order valence-corrected chi connectivity index (χ3v) is 6.13. The summed E-state index contributed by atoms with van der Waals surface area (Å²) in [5.41, 5.74) is 3.15. The number of carboxylic acids is 1. The summed E-state index contributed by atoms with van der Waals surface area (Å²) in [6.45, 7) is 2.47. The lowest BCUT2D eigenvalue weighted by molar-refractivity contribution is -0.112. The van der Waals surface area contributed by atoms with Crippen molar-refractivity contribution in [3.8, 4) is 11.8 Å². The minimum atomic E-state index is -1.10. The van der Waals surface area contributed by atoms with Gasteiger partial charge in [0.05, 0.1) is 12.7 Å². The largest absolute Gasteiger partial charge is 0.487 e. The molecule has 0 fully saturated rings. The summed E-state index contributed by atoms with van der Waals surface area (Å²) in [4.78, 5) is 23.7. The number of hydrogen-bond donors (Lipinski definition) is 2. The third-order valence-electron chi connectivity index (χ3n) is 4.53. The van der Waals surface area contributed by atoms with Gasteiger partial charge in [0.2, 0.25) is 0 Å². The van der Waals surface area contributed by atoms with Crippen LogP contribution in [0.3, 0.4) is 0 Å². The zero-order valence-electron chi connectivity index (χ0n) is 17.4. The molecule has 0 saturated heterocycles. The third kappa shape index (κ3) is 6.79. The van der Waals surface area contributed by atoms with Crippen molar-refractivity contribution in [1.29, 1.82) is 5.26 Å². The Kier molecular flexibility index (Phi) is 8.46. The first kappa shape index (κ1) is 24.7. The van der Waals surface area contributed by atoms with Crippen LogP contribution in [0.15, 0.2) is 66.2 Å². The molecule has 3 aromatic rings. The monoisotopic (exact) mass is 664 g/mol. The van der Waals surface area contributed by atoms with Crippen LogP contribution in [0.5, 0.6) is 5.75 Å². The summed E-state index contributed by atoms with van der Waals surface area (Å²) >= 11 is 4.33. The Morgan fingerprint density at radius 2 is 1.79 bits per heavy atom. The zero-order valence-corrected chi connectivity index (χ0v) is 21.7. The molecule has 0 unspecified atom stereocenters. The van der Waals surface area contributed by atoms with Crippen molar-refractivity contribution in [2.24, 2.45) is 0 Å². The smallest absolute Gasteiger partial charge is 0.335 e. The number of amides is 1. The Labute approximate surface area is 218 Å². The summed E-state index contributed by atoms with van der Waals surface area (Å²) in [6, 6.07) is 19.5. The van der Waals surface area contributed by atoms with Crippen molar-refractivity contribution in [3.05, 3.63) is 95.6 Å². The number of rotatable bonds is 7. The number of carbonyl (C=O) groups excluding carboxylic acids is 1. The number of anilines is 1. The zero-order chi connectivity index (χ0) is 24.0. The summed E-state index contributed by atoms with van der Waals surface area (Å²) in [7, 11) is 0. The lowest BCUT2D eigenvalue weighted by Crippen LogP contribution is -2.14. The molecule has 0 bridgehead atoms. The average Bonchev–Trinajstić information content (AvgIpc) is 2.77. The Balaban J connectivity index is 1.78. The first-order valence-corrected chi connectivity index (χ1v) is 11.9. The maximum absolute atomic E-state index is 12.6. The maximum Gasteiger partial charge on any atom is 0.335 e. The molecule has 0 radical (unpaired) electrons. The lowest BCUT2D eigenvalue weighted by atomic mass is 10.1. The molecule has 3 aromatic carbocycles. The molecule has 8 heteroatoms. The van der Waals surface area contributed by atoms with Gasteiger partial charge in [-0.3, -0.25) is 4.79 Å². The van der Waals surface area contributed by atoms with Gasteiger partial charge in [-0.1, -0.05) is 35.9 Å². The van der Waals surface area contributed by atoms with Gasteiger partial charge in [0.1, 0.15) is 24.0 Å². The first-order chi connectivity index (χ1) is 15.8. The van der Waals surface area contributed by atoms with E-state index in [-0.39, 0.29) is 11.1 Å². The molecular weight excluding hydrogens is 646 g/mol. The molecular formula is C25H18I2N2O4. The molecule has 33 heavy (non-hydrogen) atoms. The Morgan fingerprint density at radius 1 is 1.09 bits per heavy atom. The molecule has 0 atom stereocenters. The summed E-state index contributed by atoms with van der Waals surface area (Å²) in [5, 5.41) is 21.2. The van der Waals surface area contributed by atoms with E-state index in [1.54, 1.807) is 6.07 Å². The topological polar surface area (TPSA) is 99.4 Å². The highest BCUT2D eigenvalue weighted by Gasteiger charge is 2.14. The van der Waals surface area contributed by atoms with Crippen LogP contribution in [-0.2, 0) is 11.4 Å². The number of halogens is 2. The van der Waals surface area contributed by atoms with Crippen LogP contribution in [0, 0.1) is 25.4 Å². The van der Waals surface area contributed by atoms with E-state index in [0.29, 0.717) is 17.9 Å². The van der Waals surface area contributed by atoms with Gasteiger partial charge in [-0.15, -0.1) is 0 Å². The number of benzene rings is 3. The highest BCUT2D eigenvalue weighted by molar-refractivity contribution is 14.1. The van der Waals surface area contributed by atoms with Crippen molar-refractivity contribution in [2.75, 3.05) is 5.32 Å². The average molecular weight is 664 g/mol. The van der Waals surface area contributed by atoms with Crippen LogP contribution in [0.1, 0.15) is 27.0 Å². The number of nitrogens with zero attached hydrogens (tertiary/aromatic N) is 1. The number of carbonyl (C=O) groups is 2. The highest BCUT2D eigenvalue weighted by atomic mass is 127. The van der Waals surface area contributed by atoms with E-state index in [9.17, 15) is 14.9 Å². The molecule has 0 aliphatic heterocycles. The standard InChI is InChI=1S/C25H18I2N2O4/c1-15-4-2-5-16(8-15)14-33-23-21(26)10-17(11-22(23)27)9-19(13-28)24(30)29-20-7-3-6-18(12-20)25(31)32/h2-12H,14H2,1H3,(H,29,30)(H,31,32). The van der Waals surface area contributed by atoms with E-state index in [2.05, 4.69) is 56.6 Å². The summed E-state index contributed by atoms with van der Waals surface area (Å²) in [6.07, 6.45) is 1.49. The molecule has 0 aliphatic carbocycles. The van der Waals surface area contributed by atoms with Crippen LogP contribution in [-0.4, -0.2) is 17.0 Å². The summed E-state index contributed by atoms with van der Waals surface area (Å²) < 4.78 is 7.73. The van der Waals surface area contributed by atoms with Crippen LogP contribution in [0.2, 0.25) is 0 Å². The minimum Gasteiger partial charge on any atom is -0.487 e. The Bertz CT molecular complexity index is 1270. The first-order valence-electron chi connectivity index (χ1n) is 9.70. The van der Waals surface area contributed by atoms with E-state index in [1.165, 1.54) is 24.3 Å². The normalized spacial score (nSPS) is 10.9. The SMILES string of the molecule is Cc1cccc(COc2c(I)cc(C=C(C#N)C(=O)Nc3cccc(C(=O)O)c3)cc2I)c1. The molecule has 0 aromatic heterocycles. The minimum absolute atomic E-state index is 0.0423. The number of aromatic carboxylic acids is 1. The van der Waals surface area contributed by atoms with Crippen molar-refractivity contribution >= 4 is 68.8 Å². The van der Waals surface area contributed by atoms with Crippen LogP contribution < -0.4 is 10.1 Å². The predicted octanol–water partition coefficient (Wildman–Crippen LogP) is 6.03. The Morgan fingerprint density at radius 3 is 2.42 bits per heavy atom. The van der Waals surface area contributed by atoms with Crippen LogP contribution in [0.25, 0.3) is 6.08 Å². The van der Waals surface area contributed by atoms with Crippen LogP contribution in [0.4, 0.5) is 5.69 Å². The molecule has 0 spiro atoms. The second-order valence-corrected chi connectivity index (χ2v) is 9.43. The number of carboxylic acid groups (broad SMARTS) is 1. The second-order valence-electron chi connectivity index (χ2n) is 7.10. The van der Waals surface area contributed by atoms with Gasteiger partial charge in [-0.05, 0) is 99.6 Å². The fraction of sp³-hybridized carbons (Fsp3) is 0.0800. The molecule has 0 aliphatic rings. The fourth-order valence-electron chi connectivity index (χ4n) is 3.00. The van der Waals surface area contributed by atoms with E-state index >= 15 is 0 Å². The number of nitrogens with one attached hydrogen (secondary N) is 1. The molecule has 166 valence electrons. The van der Waals surface area contributed by atoms with E-state index in [1.807, 2.05) is 43.3 Å². The van der Waals surface area contributed by atoms with Gasteiger partial charge in [0.15, 0.2) is 0 Å². The van der Waals surface area contributed by atoms with Gasteiger partial charge in [0, 0.05) is 5.69 Å². The molecule has 0 heterocycles. The van der Waals surface area contributed by atoms with E-state index in [0.717, 1.165) is 24.0 Å². The second kappa shape index (κ2) is 11.3. The number of ether oxygens (including phenoxy) is 1. The van der Waals surface area contributed by atoms with Crippen molar-refractivity contribution < 1.29 is 19.4 Å². The maximum atomic E-state index is 12.6. The number of aryl methyl sites for hydroxylation is 1. The van der Waals surface area contributed by atoms with Crippen molar-refractivity contribution in [2.45, 2.75) is 13.5 Å². The fourth-order valence-corrected chi connectivity index (χ4v) is 5.13. The number of hydrogen-bond acceptors (Lipinski definition) is 4. The van der Waals surface area contributed by atoms with E-state index < -0.39 is 11.9 Å². The molecule has 6 nitrogen and oxygen atoms in total. The van der Waals surface area contributed by atoms with Gasteiger partial charge >= 0.3 is 5.97 Å². The van der Waals surface area contributed by atoms with Gasteiger partial charge in [-0.25, -0.2) is 4.79 Å². The van der Waals surface area contributed by atoms with Crippen molar-refractivity contribution in [3.63, 3.8) is 0 Å². The molecule has 2 N–H and O–H groups in total.